The predicted molar refractivity (Wildman–Crippen MR) is 98.3 cm³/mol. The van der Waals surface area contributed by atoms with Crippen LogP contribution in [0.5, 0.6) is 11.5 Å². The first-order chi connectivity index (χ1) is 13.7. The normalized spacial score (nSPS) is 15.2. The molecule has 2 aromatic carbocycles. The maximum absolute atomic E-state index is 12.5. The van der Waals surface area contributed by atoms with Gasteiger partial charge in [0, 0.05) is 5.39 Å². The molecule has 0 aliphatic carbocycles. The summed E-state index contributed by atoms with van der Waals surface area (Å²) in [7, 11) is 0. The summed E-state index contributed by atoms with van der Waals surface area (Å²) in [6.45, 7) is 1.82. The van der Waals surface area contributed by atoms with Crippen molar-refractivity contribution in [2.75, 3.05) is 13.2 Å². The lowest BCUT2D eigenvalue weighted by Gasteiger charge is -2.24. The van der Waals surface area contributed by atoms with Crippen LogP contribution in [0.25, 0.3) is 11.0 Å². The molecule has 7 nitrogen and oxygen atoms in total. The minimum atomic E-state index is -0.890. The van der Waals surface area contributed by atoms with Gasteiger partial charge in [-0.3, -0.25) is 0 Å². The fraction of sp³-hybridized carbons (Fsp3) is 0.238. The number of carbonyl (C=O) groups excluding carboxylic acids is 2. The summed E-state index contributed by atoms with van der Waals surface area (Å²) in [5, 5.41) is 0.685. The van der Waals surface area contributed by atoms with E-state index >= 15 is 0 Å². The monoisotopic (exact) mass is 382 g/mol. The van der Waals surface area contributed by atoms with Gasteiger partial charge in [-0.1, -0.05) is 30.3 Å². The standard InChI is InChI=1S/C21H18O7/c1-2-24-21(23)19-14(13-7-3-4-8-15(13)28-19)11-26-20(22)18-12-25-16-9-5-6-10-17(16)27-18/h3-10,18H,2,11-12H2,1H3. The van der Waals surface area contributed by atoms with E-state index in [0.29, 0.717) is 28.0 Å². The molecule has 0 bridgehead atoms. The fourth-order valence-corrected chi connectivity index (χ4v) is 2.98. The summed E-state index contributed by atoms with van der Waals surface area (Å²) in [4.78, 5) is 24.7. The van der Waals surface area contributed by atoms with E-state index in [1.165, 1.54) is 0 Å². The van der Waals surface area contributed by atoms with Crippen molar-refractivity contribution in [3.8, 4) is 11.5 Å². The Morgan fingerprint density at radius 1 is 1.04 bits per heavy atom. The van der Waals surface area contributed by atoms with Crippen molar-refractivity contribution < 1.29 is 33.0 Å². The maximum Gasteiger partial charge on any atom is 0.374 e. The van der Waals surface area contributed by atoms with Crippen LogP contribution in [-0.4, -0.2) is 31.3 Å². The molecule has 4 rings (SSSR count). The Labute approximate surface area is 160 Å². The molecule has 1 unspecified atom stereocenters. The zero-order chi connectivity index (χ0) is 19.5. The quantitative estimate of drug-likeness (QED) is 0.625. The summed E-state index contributed by atoms with van der Waals surface area (Å²) in [6.07, 6.45) is -0.890. The second kappa shape index (κ2) is 7.64. The van der Waals surface area contributed by atoms with E-state index in [1.54, 1.807) is 43.3 Å². The lowest BCUT2D eigenvalue weighted by atomic mass is 10.1. The number of ether oxygens (including phenoxy) is 4. The number of hydrogen-bond donors (Lipinski definition) is 0. The van der Waals surface area contributed by atoms with Crippen LogP contribution in [-0.2, 0) is 20.9 Å². The highest BCUT2D eigenvalue weighted by Gasteiger charge is 2.30. The van der Waals surface area contributed by atoms with Crippen molar-refractivity contribution in [1.82, 2.24) is 0 Å². The van der Waals surface area contributed by atoms with E-state index in [2.05, 4.69) is 0 Å². The highest BCUT2D eigenvalue weighted by atomic mass is 16.6. The van der Waals surface area contributed by atoms with Gasteiger partial charge in [0.25, 0.3) is 0 Å². The van der Waals surface area contributed by atoms with Gasteiger partial charge in [0.1, 0.15) is 18.8 Å². The van der Waals surface area contributed by atoms with E-state index in [0.717, 1.165) is 0 Å². The number of para-hydroxylation sites is 3. The van der Waals surface area contributed by atoms with E-state index in [-0.39, 0.29) is 25.6 Å². The van der Waals surface area contributed by atoms with Gasteiger partial charge < -0.3 is 23.4 Å². The summed E-state index contributed by atoms with van der Waals surface area (Å²) in [5.41, 5.74) is 0.974. The summed E-state index contributed by atoms with van der Waals surface area (Å²) in [5.74, 6) is -0.0961. The molecular formula is C21H18O7. The summed E-state index contributed by atoms with van der Waals surface area (Å²) < 4.78 is 27.3. The van der Waals surface area contributed by atoms with Crippen LogP contribution >= 0.6 is 0 Å². The van der Waals surface area contributed by atoms with Gasteiger partial charge in [-0.25, -0.2) is 9.59 Å². The molecule has 1 aromatic heterocycles. The fourth-order valence-electron chi connectivity index (χ4n) is 2.98. The van der Waals surface area contributed by atoms with Gasteiger partial charge >= 0.3 is 11.9 Å². The van der Waals surface area contributed by atoms with Crippen molar-refractivity contribution in [3.05, 3.63) is 59.9 Å². The Balaban J connectivity index is 1.52. The molecule has 28 heavy (non-hydrogen) atoms. The zero-order valence-electron chi connectivity index (χ0n) is 15.2. The van der Waals surface area contributed by atoms with Gasteiger partial charge in [-0.05, 0) is 25.1 Å². The number of benzene rings is 2. The minimum absolute atomic E-state index is 0.0296. The molecule has 0 radical (unpaired) electrons. The summed E-state index contributed by atoms with van der Waals surface area (Å²) >= 11 is 0. The molecule has 0 N–H and O–H groups in total. The first-order valence-electron chi connectivity index (χ1n) is 8.90. The number of furan rings is 1. The van der Waals surface area contributed by atoms with Crippen molar-refractivity contribution in [2.24, 2.45) is 0 Å². The molecule has 1 aliphatic heterocycles. The molecule has 0 saturated heterocycles. The van der Waals surface area contributed by atoms with Crippen LogP contribution in [0.2, 0.25) is 0 Å². The van der Waals surface area contributed by atoms with E-state index in [9.17, 15) is 9.59 Å². The number of esters is 2. The smallest absolute Gasteiger partial charge is 0.374 e. The highest BCUT2D eigenvalue weighted by molar-refractivity contribution is 5.96. The third kappa shape index (κ3) is 3.38. The molecule has 1 aliphatic rings. The van der Waals surface area contributed by atoms with Crippen molar-refractivity contribution >= 4 is 22.9 Å². The lowest BCUT2D eigenvalue weighted by Crippen LogP contribution is -2.37. The molecule has 144 valence electrons. The third-order valence-electron chi connectivity index (χ3n) is 4.29. The van der Waals surface area contributed by atoms with Gasteiger partial charge in [0.05, 0.1) is 12.2 Å². The first kappa shape index (κ1) is 17.9. The van der Waals surface area contributed by atoms with E-state index in [4.69, 9.17) is 23.4 Å². The molecule has 0 spiro atoms. The second-order valence-corrected chi connectivity index (χ2v) is 6.10. The zero-order valence-corrected chi connectivity index (χ0v) is 15.2. The van der Waals surface area contributed by atoms with Crippen LogP contribution in [0.15, 0.2) is 52.9 Å². The Morgan fingerprint density at radius 2 is 1.79 bits per heavy atom. The maximum atomic E-state index is 12.5. The summed E-state index contributed by atoms with van der Waals surface area (Å²) in [6, 6.07) is 14.2. The van der Waals surface area contributed by atoms with Crippen molar-refractivity contribution in [2.45, 2.75) is 19.6 Å². The van der Waals surface area contributed by atoms with Crippen LogP contribution in [0.4, 0.5) is 0 Å². The van der Waals surface area contributed by atoms with Crippen LogP contribution < -0.4 is 9.47 Å². The van der Waals surface area contributed by atoms with E-state index in [1.807, 2.05) is 12.1 Å². The highest BCUT2D eigenvalue weighted by Crippen LogP contribution is 2.32. The van der Waals surface area contributed by atoms with Gasteiger partial charge in [0.2, 0.25) is 11.9 Å². The van der Waals surface area contributed by atoms with Gasteiger partial charge in [-0.15, -0.1) is 0 Å². The first-order valence-corrected chi connectivity index (χ1v) is 8.90. The van der Waals surface area contributed by atoms with Crippen LogP contribution in [0, 0.1) is 0 Å². The number of carbonyl (C=O) groups is 2. The Morgan fingerprint density at radius 3 is 2.61 bits per heavy atom. The minimum Gasteiger partial charge on any atom is -0.485 e. The predicted octanol–water partition coefficient (Wildman–Crippen LogP) is 3.49. The third-order valence-corrected chi connectivity index (χ3v) is 4.29. The average molecular weight is 382 g/mol. The van der Waals surface area contributed by atoms with Gasteiger partial charge in [-0.2, -0.15) is 0 Å². The molecule has 0 saturated carbocycles. The van der Waals surface area contributed by atoms with E-state index < -0.39 is 18.0 Å². The number of fused-ring (bicyclic) bond motifs is 2. The largest absolute Gasteiger partial charge is 0.485 e. The van der Waals surface area contributed by atoms with Gasteiger partial charge in [0.15, 0.2) is 11.5 Å². The molecule has 2 heterocycles. The van der Waals surface area contributed by atoms with Crippen LogP contribution in [0.3, 0.4) is 0 Å². The second-order valence-electron chi connectivity index (χ2n) is 6.10. The Kier molecular flexibility index (Phi) is 4.89. The number of rotatable bonds is 5. The SMILES string of the molecule is CCOC(=O)c1oc2ccccc2c1COC(=O)C1COc2ccccc2O1. The topological polar surface area (TPSA) is 84.2 Å². The Hall–Kier alpha value is -3.48. The average Bonchev–Trinajstić information content (AvgIpc) is 3.10. The molecule has 0 fully saturated rings. The van der Waals surface area contributed by atoms with Crippen LogP contribution in [0.1, 0.15) is 23.0 Å². The Bertz CT molecular complexity index is 1020. The number of hydrogen-bond acceptors (Lipinski definition) is 7. The molecule has 3 aromatic rings. The van der Waals surface area contributed by atoms with Crippen molar-refractivity contribution in [3.63, 3.8) is 0 Å². The molecule has 0 amide bonds. The molecular weight excluding hydrogens is 364 g/mol. The molecule has 7 heteroatoms. The molecule has 1 atom stereocenters. The lowest BCUT2D eigenvalue weighted by molar-refractivity contribution is -0.155. The van der Waals surface area contributed by atoms with Crippen molar-refractivity contribution in [1.29, 1.82) is 0 Å².